The normalized spacial score (nSPS) is 12.7. The van der Waals surface area contributed by atoms with E-state index in [4.69, 9.17) is 9.84 Å². The molecule has 0 aliphatic carbocycles. The Morgan fingerprint density at radius 1 is 1.07 bits per heavy atom. The van der Waals surface area contributed by atoms with Crippen molar-refractivity contribution >= 4 is 29.4 Å². The molecule has 8 heteroatoms. The van der Waals surface area contributed by atoms with Crippen LogP contribution < -0.4 is 10.1 Å². The van der Waals surface area contributed by atoms with Crippen molar-refractivity contribution in [3.8, 4) is 5.75 Å². The fourth-order valence-electron chi connectivity index (χ4n) is 2.91. The first-order valence-electron chi connectivity index (χ1n) is 8.67. The highest BCUT2D eigenvalue weighted by atomic mass is 16.5. The van der Waals surface area contributed by atoms with Gasteiger partial charge in [-0.05, 0) is 37.3 Å². The van der Waals surface area contributed by atoms with Crippen LogP contribution in [0.3, 0.4) is 0 Å². The highest BCUT2D eigenvalue weighted by Gasteiger charge is 2.35. The number of carbonyl (C=O) groups is 4. The number of hydrogen-bond donors (Lipinski definition) is 2. The monoisotopic (exact) mass is 382 g/mol. The third-order valence-electron chi connectivity index (χ3n) is 4.21. The van der Waals surface area contributed by atoms with E-state index in [0.717, 1.165) is 4.90 Å². The van der Waals surface area contributed by atoms with Gasteiger partial charge in [0, 0.05) is 12.2 Å². The molecular formula is C20H18N2O6. The smallest absolute Gasteiger partial charge is 0.305 e. The lowest BCUT2D eigenvalue weighted by molar-refractivity contribution is -0.137. The molecule has 1 heterocycles. The number of para-hydroxylation sites is 1. The standard InChI is InChI=1S/C20H18N2O6/c1-2-28-16-6-4-3-5-14(16)18(25)21-12-7-8-13-15(11-12)20(27)22(19(13)26)10-9-17(23)24/h3-8,11H,2,9-10H2,1H3,(H,21,25)(H,23,24). The highest BCUT2D eigenvalue weighted by molar-refractivity contribution is 6.22. The van der Waals surface area contributed by atoms with Crippen molar-refractivity contribution in [2.24, 2.45) is 0 Å². The number of carboxylic acid groups (broad SMARTS) is 1. The lowest BCUT2D eigenvalue weighted by atomic mass is 10.1. The summed E-state index contributed by atoms with van der Waals surface area (Å²) in [6.45, 7) is 2.02. The molecule has 0 unspecified atom stereocenters. The van der Waals surface area contributed by atoms with Gasteiger partial charge in [0.15, 0.2) is 0 Å². The number of nitrogens with one attached hydrogen (secondary N) is 1. The first-order chi connectivity index (χ1) is 13.4. The predicted molar refractivity (Wildman–Crippen MR) is 99.6 cm³/mol. The number of ether oxygens (including phenoxy) is 1. The van der Waals surface area contributed by atoms with Crippen molar-refractivity contribution in [1.29, 1.82) is 0 Å². The minimum atomic E-state index is -1.10. The van der Waals surface area contributed by atoms with E-state index < -0.39 is 23.7 Å². The molecule has 144 valence electrons. The molecule has 0 radical (unpaired) electrons. The largest absolute Gasteiger partial charge is 0.493 e. The number of hydrogen-bond acceptors (Lipinski definition) is 5. The van der Waals surface area contributed by atoms with Gasteiger partial charge < -0.3 is 15.2 Å². The molecule has 1 aliphatic rings. The molecular weight excluding hydrogens is 364 g/mol. The zero-order valence-corrected chi connectivity index (χ0v) is 15.1. The summed E-state index contributed by atoms with van der Waals surface area (Å²) in [6.07, 6.45) is -0.330. The number of carbonyl (C=O) groups excluding carboxylic acids is 3. The molecule has 0 aromatic heterocycles. The summed E-state index contributed by atoms with van der Waals surface area (Å²) in [5.74, 6) is -2.19. The second-order valence-corrected chi connectivity index (χ2v) is 6.05. The van der Waals surface area contributed by atoms with E-state index in [9.17, 15) is 19.2 Å². The van der Waals surface area contributed by atoms with Gasteiger partial charge in [-0.2, -0.15) is 0 Å². The van der Waals surface area contributed by atoms with Gasteiger partial charge in [-0.1, -0.05) is 12.1 Å². The molecule has 0 bridgehead atoms. The summed E-state index contributed by atoms with van der Waals surface area (Å²) in [5, 5.41) is 11.5. The summed E-state index contributed by atoms with van der Waals surface area (Å²) in [4.78, 5) is 48.9. The molecule has 3 rings (SSSR count). The maximum atomic E-state index is 12.6. The van der Waals surface area contributed by atoms with E-state index in [1.165, 1.54) is 18.2 Å². The van der Waals surface area contributed by atoms with E-state index in [-0.39, 0.29) is 24.1 Å². The Morgan fingerprint density at radius 2 is 1.79 bits per heavy atom. The number of aliphatic carboxylic acids is 1. The first kappa shape index (κ1) is 19.1. The Bertz CT molecular complexity index is 969. The number of rotatable bonds is 7. The molecule has 0 atom stereocenters. The maximum absolute atomic E-state index is 12.6. The van der Waals surface area contributed by atoms with Gasteiger partial charge in [-0.25, -0.2) is 0 Å². The van der Waals surface area contributed by atoms with Crippen molar-refractivity contribution in [2.75, 3.05) is 18.5 Å². The second kappa shape index (κ2) is 7.91. The molecule has 3 amide bonds. The third kappa shape index (κ3) is 3.71. The van der Waals surface area contributed by atoms with Gasteiger partial charge in [0.25, 0.3) is 17.7 Å². The summed E-state index contributed by atoms with van der Waals surface area (Å²) in [7, 11) is 0. The van der Waals surface area contributed by atoms with E-state index in [1.807, 2.05) is 6.92 Å². The molecule has 1 aliphatic heterocycles. The lowest BCUT2D eigenvalue weighted by Crippen LogP contribution is -2.31. The van der Waals surface area contributed by atoms with Crippen LogP contribution >= 0.6 is 0 Å². The van der Waals surface area contributed by atoms with Gasteiger partial charge in [0.2, 0.25) is 0 Å². The zero-order chi connectivity index (χ0) is 20.3. The van der Waals surface area contributed by atoms with Crippen molar-refractivity contribution in [1.82, 2.24) is 4.90 Å². The Morgan fingerprint density at radius 3 is 2.50 bits per heavy atom. The van der Waals surface area contributed by atoms with E-state index >= 15 is 0 Å². The Balaban J connectivity index is 1.81. The second-order valence-electron chi connectivity index (χ2n) is 6.05. The maximum Gasteiger partial charge on any atom is 0.305 e. The van der Waals surface area contributed by atoms with Crippen molar-refractivity contribution in [3.05, 3.63) is 59.2 Å². The number of nitrogens with zero attached hydrogens (tertiary/aromatic N) is 1. The van der Waals surface area contributed by atoms with Crippen LogP contribution in [0.1, 0.15) is 44.4 Å². The van der Waals surface area contributed by atoms with Gasteiger partial charge in [-0.15, -0.1) is 0 Å². The molecule has 2 aromatic carbocycles. The van der Waals surface area contributed by atoms with Crippen molar-refractivity contribution in [2.45, 2.75) is 13.3 Å². The van der Waals surface area contributed by atoms with Crippen LogP contribution in [0, 0.1) is 0 Å². The minimum Gasteiger partial charge on any atom is -0.493 e. The van der Waals surface area contributed by atoms with Crippen LogP contribution in [0.5, 0.6) is 5.75 Å². The molecule has 2 aromatic rings. The van der Waals surface area contributed by atoms with Crippen molar-refractivity contribution in [3.63, 3.8) is 0 Å². The Hall–Kier alpha value is -3.68. The molecule has 0 saturated carbocycles. The summed E-state index contributed by atoms with van der Waals surface area (Å²) < 4.78 is 5.45. The summed E-state index contributed by atoms with van der Waals surface area (Å²) >= 11 is 0. The van der Waals surface area contributed by atoms with Crippen LogP contribution in [0.25, 0.3) is 0 Å². The van der Waals surface area contributed by atoms with Gasteiger partial charge in [-0.3, -0.25) is 24.1 Å². The van der Waals surface area contributed by atoms with E-state index in [0.29, 0.717) is 23.6 Å². The van der Waals surface area contributed by atoms with E-state index in [1.54, 1.807) is 24.3 Å². The first-order valence-corrected chi connectivity index (χ1v) is 8.67. The average molecular weight is 382 g/mol. The predicted octanol–water partition coefficient (Wildman–Crippen LogP) is 2.41. The molecule has 0 spiro atoms. The Kier molecular flexibility index (Phi) is 5.39. The average Bonchev–Trinajstić information content (AvgIpc) is 2.90. The number of benzene rings is 2. The number of amides is 3. The number of imide groups is 1. The van der Waals surface area contributed by atoms with E-state index in [2.05, 4.69) is 5.32 Å². The van der Waals surface area contributed by atoms with Crippen LogP contribution in [0.15, 0.2) is 42.5 Å². The quantitative estimate of drug-likeness (QED) is 0.711. The van der Waals surface area contributed by atoms with Gasteiger partial charge in [0.05, 0.1) is 29.7 Å². The molecule has 2 N–H and O–H groups in total. The third-order valence-corrected chi connectivity index (χ3v) is 4.21. The molecule has 0 fully saturated rings. The fraction of sp³-hybridized carbons (Fsp3) is 0.200. The van der Waals surface area contributed by atoms with Crippen LogP contribution in [0.2, 0.25) is 0 Å². The van der Waals surface area contributed by atoms with Gasteiger partial charge >= 0.3 is 5.97 Å². The molecule has 28 heavy (non-hydrogen) atoms. The fourth-order valence-corrected chi connectivity index (χ4v) is 2.91. The van der Waals surface area contributed by atoms with Crippen molar-refractivity contribution < 1.29 is 29.0 Å². The SMILES string of the molecule is CCOc1ccccc1C(=O)Nc1ccc2c(c1)C(=O)N(CCC(=O)O)C2=O. The number of anilines is 1. The lowest BCUT2D eigenvalue weighted by Gasteiger charge is -2.11. The zero-order valence-electron chi connectivity index (χ0n) is 15.1. The van der Waals surface area contributed by atoms with Gasteiger partial charge in [0.1, 0.15) is 5.75 Å². The van der Waals surface area contributed by atoms with Crippen LogP contribution in [-0.4, -0.2) is 46.8 Å². The summed E-state index contributed by atoms with van der Waals surface area (Å²) in [6, 6.07) is 11.2. The minimum absolute atomic E-state index is 0.131. The van der Waals surface area contributed by atoms with Crippen LogP contribution in [-0.2, 0) is 4.79 Å². The topological polar surface area (TPSA) is 113 Å². The Labute approximate surface area is 160 Å². The number of carboxylic acids is 1. The highest BCUT2D eigenvalue weighted by Crippen LogP contribution is 2.27. The number of fused-ring (bicyclic) bond motifs is 1. The molecule has 8 nitrogen and oxygen atoms in total. The molecule has 0 saturated heterocycles. The van der Waals surface area contributed by atoms with Crippen LogP contribution in [0.4, 0.5) is 5.69 Å². The summed E-state index contributed by atoms with van der Waals surface area (Å²) in [5.41, 5.74) is 1.00.